The molecule has 1 rings (SSSR count). The Kier molecular flexibility index (Phi) is 3.58. The summed E-state index contributed by atoms with van der Waals surface area (Å²) in [4.78, 5) is -0.212. The molecule has 0 aliphatic rings. The average Bonchev–Trinajstić information content (AvgIpc) is 2.07. The van der Waals surface area contributed by atoms with Crippen molar-refractivity contribution in [3.8, 4) is 6.07 Å². The molecule has 0 bridgehead atoms. The van der Waals surface area contributed by atoms with Gasteiger partial charge in [0, 0.05) is 15.2 Å². The third kappa shape index (κ3) is 2.28. The van der Waals surface area contributed by atoms with E-state index in [1.54, 1.807) is 12.1 Å². The van der Waals surface area contributed by atoms with Gasteiger partial charge in [-0.3, -0.25) is 0 Å². The van der Waals surface area contributed by atoms with Crippen molar-refractivity contribution in [1.29, 1.82) is 5.26 Å². The average molecular weight is 359 g/mol. The lowest BCUT2D eigenvalue weighted by molar-refractivity contribution is 0.609. The lowest BCUT2D eigenvalue weighted by atomic mass is 10.2. The summed E-state index contributed by atoms with van der Waals surface area (Å²) in [6, 6.07) is 4.70. The van der Waals surface area contributed by atoms with Crippen molar-refractivity contribution < 1.29 is 8.42 Å². The fraction of sp³-hybridized carbons (Fsp3) is 0. The molecule has 7 heteroatoms. The quantitative estimate of drug-likeness (QED) is 0.724. The standard InChI is InChI=1S/C7H2Br2ClNO2S/c8-5-2-1-4(3-11)7(6(5)9)14(10,12)13/h1-2H. The van der Waals surface area contributed by atoms with E-state index in [4.69, 9.17) is 15.9 Å². The molecular weight excluding hydrogens is 357 g/mol. The van der Waals surface area contributed by atoms with Crippen molar-refractivity contribution in [1.82, 2.24) is 0 Å². The predicted molar refractivity (Wildman–Crippen MR) is 59.6 cm³/mol. The Bertz CT molecular complexity index is 521. The SMILES string of the molecule is N#Cc1ccc(Br)c(Br)c1S(=O)(=O)Cl. The number of rotatable bonds is 1. The second kappa shape index (κ2) is 4.19. The zero-order valence-electron chi connectivity index (χ0n) is 6.46. The maximum Gasteiger partial charge on any atom is 0.263 e. The van der Waals surface area contributed by atoms with Gasteiger partial charge in [-0.05, 0) is 44.0 Å². The van der Waals surface area contributed by atoms with Gasteiger partial charge in [0.1, 0.15) is 11.0 Å². The Balaban J connectivity index is 3.72. The predicted octanol–water partition coefficient (Wildman–Crippen LogP) is 3.01. The highest BCUT2D eigenvalue weighted by Gasteiger charge is 2.21. The molecule has 0 fully saturated rings. The fourth-order valence-corrected chi connectivity index (χ4v) is 3.77. The highest BCUT2D eigenvalue weighted by Crippen LogP contribution is 2.34. The van der Waals surface area contributed by atoms with Crippen LogP contribution in [0.15, 0.2) is 26.0 Å². The van der Waals surface area contributed by atoms with E-state index in [0.29, 0.717) is 4.47 Å². The minimum Gasteiger partial charge on any atom is -0.207 e. The molecule has 0 atom stereocenters. The van der Waals surface area contributed by atoms with Crippen LogP contribution in [0, 0.1) is 11.3 Å². The number of nitrogens with zero attached hydrogens (tertiary/aromatic N) is 1. The molecule has 74 valence electrons. The van der Waals surface area contributed by atoms with Crippen molar-refractivity contribution in [3.05, 3.63) is 26.6 Å². The van der Waals surface area contributed by atoms with Crippen LogP contribution in [0.25, 0.3) is 0 Å². The molecular formula is C7H2Br2ClNO2S. The lowest BCUT2D eigenvalue weighted by Gasteiger charge is -2.04. The van der Waals surface area contributed by atoms with Crippen LogP contribution in [-0.4, -0.2) is 8.42 Å². The molecule has 3 nitrogen and oxygen atoms in total. The van der Waals surface area contributed by atoms with Gasteiger partial charge in [-0.1, -0.05) is 0 Å². The maximum atomic E-state index is 11.1. The number of nitriles is 1. The molecule has 0 aliphatic heterocycles. The van der Waals surface area contributed by atoms with Crippen molar-refractivity contribution >= 4 is 51.6 Å². The number of halogens is 3. The topological polar surface area (TPSA) is 57.9 Å². The first kappa shape index (κ1) is 12.0. The molecule has 0 saturated heterocycles. The minimum atomic E-state index is -3.93. The third-order valence-electron chi connectivity index (χ3n) is 1.41. The van der Waals surface area contributed by atoms with Crippen LogP contribution in [0.4, 0.5) is 0 Å². The monoisotopic (exact) mass is 357 g/mol. The van der Waals surface area contributed by atoms with Crippen molar-refractivity contribution in [3.63, 3.8) is 0 Å². The normalized spacial score (nSPS) is 11.0. The summed E-state index contributed by atoms with van der Waals surface area (Å²) in [6.07, 6.45) is 0. The van der Waals surface area contributed by atoms with Gasteiger partial charge in [0.25, 0.3) is 9.05 Å². The Hall–Kier alpha value is -0.0900. The molecule has 0 N–H and O–H groups in total. The fourth-order valence-electron chi connectivity index (χ4n) is 0.858. The van der Waals surface area contributed by atoms with E-state index in [-0.39, 0.29) is 14.9 Å². The first-order chi connectivity index (χ1) is 6.38. The van der Waals surface area contributed by atoms with Crippen LogP contribution in [0.1, 0.15) is 5.56 Å². The highest BCUT2D eigenvalue weighted by molar-refractivity contribution is 9.13. The highest BCUT2D eigenvalue weighted by atomic mass is 79.9. The van der Waals surface area contributed by atoms with Gasteiger partial charge >= 0.3 is 0 Å². The van der Waals surface area contributed by atoms with Crippen LogP contribution in [-0.2, 0) is 9.05 Å². The minimum absolute atomic E-state index is 0.00933. The first-order valence-electron chi connectivity index (χ1n) is 3.20. The van der Waals surface area contributed by atoms with Crippen molar-refractivity contribution in [2.75, 3.05) is 0 Å². The zero-order valence-corrected chi connectivity index (χ0v) is 11.2. The second-order valence-corrected chi connectivity index (χ2v) is 6.44. The van der Waals surface area contributed by atoms with Crippen molar-refractivity contribution in [2.45, 2.75) is 4.90 Å². The summed E-state index contributed by atoms with van der Waals surface area (Å²) in [7, 11) is 1.26. The Morgan fingerprint density at radius 3 is 2.36 bits per heavy atom. The van der Waals surface area contributed by atoms with Crippen LogP contribution < -0.4 is 0 Å². The van der Waals surface area contributed by atoms with Gasteiger partial charge < -0.3 is 0 Å². The van der Waals surface area contributed by atoms with Crippen LogP contribution in [0.3, 0.4) is 0 Å². The lowest BCUT2D eigenvalue weighted by Crippen LogP contribution is -1.97. The largest absolute Gasteiger partial charge is 0.263 e. The van der Waals surface area contributed by atoms with Gasteiger partial charge in [0.2, 0.25) is 0 Å². The van der Waals surface area contributed by atoms with Crippen LogP contribution in [0.2, 0.25) is 0 Å². The van der Waals surface area contributed by atoms with E-state index in [1.807, 2.05) is 0 Å². The Morgan fingerprint density at radius 1 is 1.36 bits per heavy atom. The summed E-state index contributed by atoms with van der Waals surface area (Å²) >= 11 is 6.17. The van der Waals surface area contributed by atoms with Gasteiger partial charge in [0.05, 0.1) is 10.0 Å². The maximum absolute atomic E-state index is 11.1. The molecule has 0 spiro atoms. The van der Waals surface area contributed by atoms with E-state index in [9.17, 15) is 8.42 Å². The number of hydrogen-bond donors (Lipinski definition) is 0. The summed E-state index contributed by atoms with van der Waals surface area (Å²) in [5, 5.41) is 8.69. The molecule has 0 amide bonds. The number of benzene rings is 1. The van der Waals surface area contributed by atoms with E-state index in [0.717, 1.165) is 0 Å². The van der Waals surface area contributed by atoms with E-state index >= 15 is 0 Å². The van der Waals surface area contributed by atoms with Gasteiger partial charge in [-0.25, -0.2) is 8.42 Å². The van der Waals surface area contributed by atoms with Gasteiger partial charge in [-0.15, -0.1) is 0 Å². The van der Waals surface area contributed by atoms with Crippen LogP contribution >= 0.6 is 42.5 Å². The van der Waals surface area contributed by atoms with Gasteiger partial charge in [0.15, 0.2) is 0 Å². The molecule has 1 aromatic rings. The van der Waals surface area contributed by atoms with E-state index in [1.165, 1.54) is 6.07 Å². The Morgan fingerprint density at radius 2 is 1.93 bits per heavy atom. The van der Waals surface area contributed by atoms with Crippen LogP contribution in [0.5, 0.6) is 0 Å². The third-order valence-corrected chi connectivity index (χ3v) is 5.07. The molecule has 0 radical (unpaired) electrons. The molecule has 14 heavy (non-hydrogen) atoms. The van der Waals surface area contributed by atoms with E-state index in [2.05, 4.69) is 31.9 Å². The summed E-state index contributed by atoms with van der Waals surface area (Å²) in [5.74, 6) is 0. The summed E-state index contributed by atoms with van der Waals surface area (Å²) in [6.45, 7) is 0. The van der Waals surface area contributed by atoms with E-state index < -0.39 is 9.05 Å². The number of hydrogen-bond acceptors (Lipinski definition) is 3. The molecule has 1 aromatic carbocycles. The Labute approximate surface area is 102 Å². The molecule has 0 aliphatic carbocycles. The smallest absolute Gasteiger partial charge is 0.207 e. The molecule has 0 saturated carbocycles. The molecule has 0 unspecified atom stereocenters. The second-order valence-electron chi connectivity index (χ2n) is 2.29. The first-order valence-corrected chi connectivity index (χ1v) is 7.10. The van der Waals surface area contributed by atoms with Gasteiger partial charge in [-0.2, -0.15) is 5.26 Å². The zero-order chi connectivity index (χ0) is 10.9. The van der Waals surface area contributed by atoms with Crippen molar-refractivity contribution in [2.24, 2.45) is 0 Å². The molecule has 0 heterocycles. The molecule has 0 aromatic heterocycles. The summed E-state index contributed by atoms with van der Waals surface area (Å²) in [5.41, 5.74) is 0.00933. The summed E-state index contributed by atoms with van der Waals surface area (Å²) < 4.78 is 23.1.